The van der Waals surface area contributed by atoms with Gasteiger partial charge in [0.1, 0.15) is 0 Å². The van der Waals surface area contributed by atoms with Gasteiger partial charge in [-0.3, -0.25) is 0 Å². The van der Waals surface area contributed by atoms with Gasteiger partial charge in [-0.1, -0.05) is 23.4 Å². The number of hydrogen-bond acceptors (Lipinski definition) is 4. The van der Waals surface area contributed by atoms with Crippen LogP contribution in [0.3, 0.4) is 0 Å². The first-order valence-electron chi connectivity index (χ1n) is 6.73. The van der Waals surface area contributed by atoms with Crippen molar-refractivity contribution in [3.8, 4) is 0 Å². The molecular weight excluding hydrogens is 292 g/mol. The summed E-state index contributed by atoms with van der Waals surface area (Å²) in [6.45, 7) is 1.40. The molecule has 0 radical (unpaired) electrons. The fourth-order valence-electron chi connectivity index (χ4n) is 2.34. The lowest BCUT2D eigenvalue weighted by Crippen LogP contribution is -2.39. The van der Waals surface area contributed by atoms with Crippen molar-refractivity contribution in [2.24, 2.45) is 10.9 Å². The SMILES string of the molecule is CN(Cc1cccc(C(N)=NO)c1)S(=O)(=O)N1CCCC1. The Hall–Kier alpha value is -1.64. The van der Waals surface area contributed by atoms with Crippen molar-refractivity contribution in [1.82, 2.24) is 8.61 Å². The van der Waals surface area contributed by atoms with E-state index in [-0.39, 0.29) is 12.4 Å². The summed E-state index contributed by atoms with van der Waals surface area (Å²) in [5.41, 5.74) is 6.88. The molecule has 0 amide bonds. The summed E-state index contributed by atoms with van der Waals surface area (Å²) in [6, 6.07) is 6.97. The van der Waals surface area contributed by atoms with E-state index in [1.807, 2.05) is 6.07 Å². The monoisotopic (exact) mass is 312 g/mol. The van der Waals surface area contributed by atoms with E-state index in [0.717, 1.165) is 18.4 Å². The molecule has 0 bridgehead atoms. The highest BCUT2D eigenvalue weighted by Gasteiger charge is 2.29. The Morgan fingerprint density at radius 2 is 2.10 bits per heavy atom. The van der Waals surface area contributed by atoms with Crippen LogP contribution in [0, 0.1) is 0 Å². The highest BCUT2D eigenvalue weighted by atomic mass is 32.2. The second-order valence-electron chi connectivity index (χ2n) is 5.06. The van der Waals surface area contributed by atoms with Gasteiger partial charge in [-0.25, -0.2) is 0 Å². The van der Waals surface area contributed by atoms with Gasteiger partial charge in [0.25, 0.3) is 10.2 Å². The molecule has 21 heavy (non-hydrogen) atoms. The van der Waals surface area contributed by atoms with Crippen molar-refractivity contribution >= 4 is 16.0 Å². The summed E-state index contributed by atoms with van der Waals surface area (Å²) in [5, 5.41) is 11.6. The van der Waals surface area contributed by atoms with E-state index in [0.29, 0.717) is 18.7 Å². The Bertz CT molecular complexity index is 624. The Labute approximate surface area is 124 Å². The molecule has 1 aromatic rings. The fourth-order valence-corrected chi connectivity index (χ4v) is 3.77. The third-order valence-corrected chi connectivity index (χ3v) is 5.46. The zero-order valence-corrected chi connectivity index (χ0v) is 12.8. The molecule has 1 fully saturated rings. The standard InChI is InChI=1S/C13H20N4O3S/c1-16(21(19,20)17-7-2-3-8-17)10-11-5-4-6-12(9-11)13(14)15-18/h4-6,9,18H,2-3,7-8,10H2,1H3,(H2,14,15). The first kappa shape index (κ1) is 15.7. The molecule has 1 heterocycles. The highest BCUT2D eigenvalue weighted by molar-refractivity contribution is 7.86. The molecule has 3 N–H and O–H groups in total. The molecule has 0 saturated carbocycles. The molecule has 0 spiro atoms. The minimum atomic E-state index is -3.42. The number of amidine groups is 1. The topological polar surface area (TPSA) is 99.2 Å². The molecule has 0 aliphatic carbocycles. The van der Waals surface area contributed by atoms with Gasteiger partial charge in [-0.05, 0) is 24.5 Å². The maximum absolute atomic E-state index is 12.4. The molecule has 1 aliphatic rings. The zero-order chi connectivity index (χ0) is 15.5. The Balaban J connectivity index is 2.14. The highest BCUT2D eigenvalue weighted by Crippen LogP contribution is 2.17. The van der Waals surface area contributed by atoms with Gasteiger partial charge in [-0.15, -0.1) is 0 Å². The maximum atomic E-state index is 12.4. The van der Waals surface area contributed by atoms with Crippen molar-refractivity contribution in [3.63, 3.8) is 0 Å². The number of hydrogen-bond donors (Lipinski definition) is 2. The average molecular weight is 312 g/mol. The van der Waals surface area contributed by atoms with E-state index in [9.17, 15) is 8.42 Å². The van der Waals surface area contributed by atoms with Crippen molar-refractivity contribution in [1.29, 1.82) is 0 Å². The molecule has 0 aromatic heterocycles. The molecular formula is C13H20N4O3S. The third kappa shape index (κ3) is 3.52. The summed E-state index contributed by atoms with van der Waals surface area (Å²) in [7, 11) is -1.86. The second kappa shape index (κ2) is 6.42. The molecule has 7 nitrogen and oxygen atoms in total. The Morgan fingerprint density at radius 3 is 2.71 bits per heavy atom. The average Bonchev–Trinajstić information content (AvgIpc) is 3.01. The summed E-state index contributed by atoms with van der Waals surface area (Å²) in [4.78, 5) is 0. The van der Waals surface area contributed by atoms with E-state index >= 15 is 0 Å². The molecule has 2 rings (SSSR count). The van der Waals surface area contributed by atoms with Gasteiger partial charge in [0.2, 0.25) is 0 Å². The number of nitrogens with zero attached hydrogens (tertiary/aromatic N) is 3. The molecule has 0 atom stereocenters. The van der Waals surface area contributed by atoms with Crippen LogP contribution in [0.15, 0.2) is 29.4 Å². The van der Waals surface area contributed by atoms with Gasteiger partial charge in [-0.2, -0.15) is 17.0 Å². The van der Waals surface area contributed by atoms with E-state index in [1.54, 1.807) is 25.2 Å². The van der Waals surface area contributed by atoms with Crippen LogP contribution in [0.2, 0.25) is 0 Å². The fraction of sp³-hybridized carbons (Fsp3) is 0.462. The van der Waals surface area contributed by atoms with E-state index in [4.69, 9.17) is 10.9 Å². The van der Waals surface area contributed by atoms with Crippen LogP contribution < -0.4 is 5.73 Å². The predicted octanol–water partition coefficient (Wildman–Crippen LogP) is 0.554. The molecule has 1 saturated heterocycles. The van der Waals surface area contributed by atoms with Crippen LogP contribution >= 0.6 is 0 Å². The lowest BCUT2D eigenvalue weighted by Gasteiger charge is -2.23. The number of benzene rings is 1. The van der Waals surface area contributed by atoms with Crippen molar-refractivity contribution in [2.45, 2.75) is 19.4 Å². The molecule has 0 unspecified atom stereocenters. The molecule has 1 aliphatic heterocycles. The van der Waals surface area contributed by atoms with Crippen LogP contribution in [-0.2, 0) is 16.8 Å². The van der Waals surface area contributed by atoms with Crippen LogP contribution in [0.25, 0.3) is 0 Å². The minimum Gasteiger partial charge on any atom is -0.409 e. The van der Waals surface area contributed by atoms with Crippen LogP contribution in [-0.4, -0.2) is 48.2 Å². The lowest BCUT2D eigenvalue weighted by molar-refractivity contribution is 0.318. The van der Waals surface area contributed by atoms with E-state index < -0.39 is 10.2 Å². The number of nitrogens with two attached hydrogens (primary N) is 1. The minimum absolute atomic E-state index is 0.00176. The van der Waals surface area contributed by atoms with Gasteiger partial charge in [0.15, 0.2) is 5.84 Å². The first-order chi connectivity index (χ1) is 9.95. The summed E-state index contributed by atoms with van der Waals surface area (Å²) in [5.74, 6) is 0.00176. The zero-order valence-electron chi connectivity index (χ0n) is 11.9. The van der Waals surface area contributed by atoms with Gasteiger partial charge < -0.3 is 10.9 Å². The number of oxime groups is 1. The van der Waals surface area contributed by atoms with E-state index in [1.165, 1.54) is 8.61 Å². The summed E-state index contributed by atoms with van der Waals surface area (Å²) >= 11 is 0. The van der Waals surface area contributed by atoms with Gasteiger partial charge in [0.05, 0.1) is 0 Å². The normalized spacial score (nSPS) is 17.5. The molecule has 8 heteroatoms. The predicted molar refractivity (Wildman–Crippen MR) is 80.1 cm³/mol. The second-order valence-corrected chi connectivity index (χ2v) is 7.09. The van der Waals surface area contributed by atoms with Crippen LogP contribution in [0.5, 0.6) is 0 Å². The van der Waals surface area contributed by atoms with Crippen molar-refractivity contribution < 1.29 is 13.6 Å². The number of rotatable bonds is 5. The Morgan fingerprint density at radius 1 is 1.43 bits per heavy atom. The van der Waals surface area contributed by atoms with Crippen LogP contribution in [0.1, 0.15) is 24.0 Å². The summed E-state index contributed by atoms with van der Waals surface area (Å²) < 4.78 is 27.6. The smallest absolute Gasteiger partial charge is 0.282 e. The van der Waals surface area contributed by atoms with Crippen molar-refractivity contribution in [2.75, 3.05) is 20.1 Å². The quantitative estimate of drug-likeness (QED) is 0.359. The largest absolute Gasteiger partial charge is 0.409 e. The van der Waals surface area contributed by atoms with Crippen molar-refractivity contribution in [3.05, 3.63) is 35.4 Å². The first-order valence-corrected chi connectivity index (χ1v) is 8.13. The molecule has 116 valence electrons. The Kier molecular flexibility index (Phi) is 4.81. The van der Waals surface area contributed by atoms with E-state index in [2.05, 4.69) is 5.16 Å². The molecule has 1 aromatic carbocycles. The maximum Gasteiger partial charge on any atom is 0.282 e. The van der Waals surface area contributed by atoms with Gasteiger partial charge in [0, 0.05) is 32.2 Å². The van der Waals surface area contributed by atoms with Gasteiger partial charge >= 0.3 is 0 Å². The lowest BCUT2D eigenvalue weighted by atomic mass is 10.1. The summed E-state index contributed by atoms with van der Waals surface area (Å²) in [6.07, 6.45) is 1.82. The van der Waals surface area contributed by atoms with Crippen LogP contribution in [0.4, 0.5) is 0 Å². The third-order valence-electron chi connectivity index (χ3n) is 3.52.